The van der Waals surface area contributed by atoms with Crippen molar-refractivity contribution in [3.63, 3.8) is 0 Å². The van der Waals surface area contributed by atoms with Crippen LogP contribution in [0.15, 0.2) is 35.1 Å². The lowest BCUT2D eigenvalue weighted by atomic mass is 9.99. The predicted molar refractivity (Wildman–Crippen MR) is 137 cm³/mol. The van der Waals surface area contributed by atoms with Crippen molar-refractivity contribution in [1.29, 1.82) is 0 Å². The van der Waals surface area contributed by atoms with Gasteiger partial charge in [0, 0.05) is 50.6 Å². The SMILES string of the molecule is CC(C)n1c(=O)c(C(=O)OC2CC3CCC(C2)N3CC(O)CNCCOCCO)cc2ccccc21. The summed E-state index contributed by atoms with van der Waals surface area (Å²) in [5, 5.41) is 23.3. The lowest BCUT2D eigenvalue weighted by Crippen LogP contribution is -2.50. The second-order valence-corrected chi connectivity index (χ2v) is 10.2. The minimum absolute atomic E-state index is 0.00885. The van der Waals surface area contributed by atoms with Gasteiger partial charge in [-0.3, -0.25) is 9.69 Å². The number of hydrogen-bond donors (Lipinski definition) is 3. The van der Waals surface area contributed by atoms with Crippen LogP contribution in [-0.2, 0) is 9.47 Å². The summed E-state index contributed by atoms with van der Waals surface area (Å²) in [7, 11) is 0. The van der Waals surface area contributed by atoms with Gasteiger partial charge in [0.1, 0.15) is 11.7 Å². The molecule has 1 aromatic carbocycles. The Labute approximate surface area is 212 Å². The van der Waals surface area contributed by atoms with Gasteiger partial charge in [-0.2, -0.15) is 0 Å². The molecule has 2 saturated heterocycles. The molecule has 3 heterocycles. The number of aromatic nitrogens is 1. The Bertz CT molecular complexity index is 1070. The average molecular weight is 502 g/mol. The number of pyridine rings is 1. The number of nitrogens with one attached hydrogen (secondary N) is 1. The number of carbonyl (C=O) groups is 1. The van der Waals surface area contributed by atoms with Crippen LogP contribution in [0.1, 0.15) is 55.9 Å². The van der Waals surface area contributed by atoms with Gasteiger partial charge in [-0.15, -0.1) is 0 Å². The number of nitrogens with zero attached hydrogens (tertiary/aromatic N) is 2. The molecule has 0 spiro atoms. The molecule has 198 valence electrons. The summed E-state index contributed by atoms with van der Waals surface area (Å²) in [6.07, 6.45) is 2.72. The zero-order valence-corrected chi connectivity index (χ0v) is 21.3. The fourth-order valence-electron chi connectivity index (χ4n) is 5.67. The Kier molecular flexibility index (Phi) is 9.14. The molecule has 3 unspecified atom stereocenters. The van der Waals surface area contributed by atoms with Crippen LogP contribution in [0.3, 0.4) is 0 Å². The van der Waals surface area contributed by atoms with Crippen molar-refractivity contribution < 1.29 is 24.5 Å². The van der Waals surface area contributed by atoms with Gasteiger partial charge >= 0.3 is 5.97 Å². The second-order valence-electron chi connectivity index (χ2n) is 10.2. The van der Waals surface area contributed by atoms with Gasteiger partial charge in [-0.05, 0) is 44.2 Å². The first-order valence-electron chi connectivity index (χ1n) is 13.1. The molecule has 1 aromatic heterocycles. The van der Waals surface area contributed by atoms with Gasteiger partial charge < -0.3 is 29.6 Å². The molecular weight excluding hydrogens is 462 g/mol. The van der Waals surface area contributed by atoms with Crippen LogP contribution in [0.2, 0.25) is 0 Å². The molecule has 4 rings (SSSR count). The minimum Gasteiger partial charge on any atom is -0.459 e. The van der Waals surface area contributed by atoms with E-state index in [9.17, 15) is 14.7 Å². The van der Waals surface area contributed by atoms with Gasteiger partial charge in [0.2, 0.25) is 0 Å². The Morgan fingerprint density at radius 1 is 1.17 bits per heavy atom. The van der Waals surface area contributed by atoms with Crippen LogP contribution in [0.4, 0.5) is 0 Å². The van der Waals surface area contributed by atoms with E-state index in [1.54, 1.807) is 10.6 Å². The van der Waals surface area contributed by atoms with Crippen LogP contribution in [0, 0.1) is 0 Å². The molecule has 0 amide bonds. The number of fused-ring (bicyclic) bond motifs is 3. The van der Waals surface area contributed by atoms with Gasteiger partial charge in [0.15, 0.2) is 0 Å². The van der Waals surface area contributed by atoms with E-state index in [1.165, 1.54) is 0 Å². The summed E-state index contributed by atoms with van der Waals surface area (Å²) in [5.74, 6) is -0.550. The smallest absolute Gasteiger partial charge is 0.344 e. The van der Waals surface area contributed by atoms with E-state index in [0.29, 0.717) is 45.7 Å². The quantitative estimate of drug-likeness (QED) is 0.298. The molecule has 2 bridgehead atoms. The van der Waals surface area contributed by atoms with Crippen molar-refractivity contribution in [2.75, 3.05) is 39.5 Å². The number of esters is 1. The van der Waals surface area contributed by atoms with Crippen LogP contribution >= 0.6 is 0 Å². The van der Waals surface area contributed by atoms with Crippen LogP contribution in [0.5, 0.6) is 0 Å². The summed E-state index contributed by atoms with van der Waals surface area (Å²) < 4.78 is 12.8. The molecule has 0 saturated carbocycles. The zero-order chi connectivity index (χ0) is 25.7. The van der Waals surface area contributed by atoms with Crippen molar-refractivity contribution in [1.82, 2.24) is 14.8 Å². The number of aliphatic hydroxyl groups is 2. The second kappa shape index (κ2) is 12.3. The van der Waals surface area contributed by atoms with E-state index < -0.39 is 12.1 Å². The highest BCUT2D eigenvalue weighted by atomic mass is 16.5. The highest BCUT2D eigenvalue weighted by molar-refractivity contribution is 5.94. The lowest BCUT2D eigenvalue weighted by Gasteiger charge is -2.39. The Morgan fingerprint density at radius 3 is 2.58 bits per heavy atom. The maximum Gasteiger partial charge on any atom is 0.344 e. The molecule has 9 heteroatoms. The number of aliphatic hydroxyl groups excluding tert-OH is 2. The van der Waals surface area contributed by atoms with E-state index >= 15 is 0 Å². The third-order valence-corrected chi connectivity index (χ3v) is 7.26. The number of para-hydroxylation sites is 1. The first-order valence-corrected chi connectivity index (χ1v) is 13.1. The van der Waals surface area contributed by atoms with Gasteiger partial charge in [0.05, 0.1) is 31.4 Å². The fourth-order valence-corrected chi connectivity index (χ4v) is 5.67. The van der Waals surface area contributed by atoms with E-state index in [1.807, 2.05) is 38.1 Å². The summed E-state index contributed by atoms with van der Waals surface area (Å²) in [5.41, 5.74) is 0.583. The maximum atomic E-state index is 13.2. The number of rotatable bonds is 12. The van der Waals surface area contributed by atoms with Crippen molar-refractivity contribution in [2.45, 2.75) is 69.9 Å². The predicted octanol–water partition coefficient (Wildman–Crippen LogP) is 1.69. The van der Waals surface area contributed by atoms with Gasteiger partial charge in [-0.1, -0.05) is 18.2 Å². The minimum atomic E-state index is -0.550. The zero-order valence-electron chi connectivity index (χ0n) is 21.3. The van der Waals surface area contributed by atoms with E-state index in [4.69, 9.17) is 14.6 Å². The van der Waals surface area contributed by atoms with Crippen LogP contribution < -0.4 is 10.9 Å². The van der Waals surface area contributed by atoms with Crippen LogP contribution in [-0.4, -0.2) is 89.4 Å². The topological polar surface area (TPSA) is 113 Å². The molecular formula is C27H39N3O6. The number of piperidine rings is 1. The monoisotopic (exact) mass is 501 g/mol. The molecule has 3 N–H and O–H groups in total. The molecule has 2 aliphatic rings. The summed E-state index contributed by atoms with van der Waals surface area (Å²) >= 11 is 0. The Balaban J connectivity index is 1.34. The third-order valence-electron chi connectivity index (χ3n) is 7.26. The van der Waals surface area contributed by atoms with Crippen LogP contribution in [0.25, 0.3) is 10.9 Å². The highest BCUT2D eigenvalue weighted by Crippen LogP contribution is 2.37. The van der Waals surface area contributed by atoms with Gasteiger partial charge in [0.25, 0.3) is 5.56 Å². The van der Waals surface area contributed by atoms with Crippen molar-refractivity contribution >= 4 is 16.9 Å². The molecule has 9 nitrogen and oxygen atoms in total. The summed E-state index contributed by atoms with van der Waals surface area (Å²) in [4.78, 5) is 28.7. The fraction of sp³-hybridized carbons (Fsp3) is 0.630. The highest BCUT2D eigenvalue weighted by Gasteiger charge is 2.42. The number of hydrogen-bond acceptors (Lipinski definition) is 8. The van der Waals surface area contributed by atoms with Crippen molar-refractivity contribution in [2.24, 2.45) is 0 Å². The molecule has 2 fully saturated rings. The number of benzene rings is 1. The Hall–Kier alpha value is -2.30. The molecule has 36 heavy (non-hydrogen) atoms. The Morgan fingerprint density at radius 2 is 1.89 bits per heavy atom. The largest absolute Gasteiger partial charge is 0.459 e. The number of ether oxygens (including phenoxy) is 2. The third kappa shape index (κ3) is 6.15. The maximum absolute atomic E-state index is 13.2. The molecule has 0 radical (unpaired) electrons. The summed E-state index contributed by atoms with van der Waals surface area (Å²) in [6.45, 7) is 6.36. The first-order chi connectivity index (χ1) is 17.4. The average Bonchev–Trinajstić information content (AvgIpc) is 3.07. The number of carbonyl (C=O) groups excluding carboxylic acids is 1. The van der Waals surface area contributed by atoms with E-state index in [-0.39, 0.29) is 42.0 Å². The standard InChI is InChI=1S/C27H39N3O6/c1-18(2)30-25-6-4-3-5-19(25)13-24(26(30)33)27(34)36-23-14-20-7-8-21(15-23)29(20)17-22(32)16-28-9-11-35-12-10-31/h3-6,13,18,20-23,28,31-32H,7-12,14-17H2,1-2H3. The first kappa shape index (κ1) is 26.8. The molecule has 2 aromatic rings. The normalized spacial score (nSPS) is 22.9. The molecule has 0 aliphatic carbocycles. The van der Waals surface area contributed by atoms with Gasteiger partial charge in [-0.25, -0.2) is 4.79 Å². The molecule has 2 aliphatic heterocycles. The lowest BCUT2D eigenvalue weighted by molar-refractivity contribution is -0.0170. The summed E-state index contributed by atoms with van der Waals surface area (Å²) in [6, 6.07) is 9.68. The van der Waals surface area contributed by atoms with E-state index in [0.717, 1.165) is 23.7 Å². The van der Waals surface area contributed by atoms with Crippen molar-refractivity contribution in [3.05, 3.63) is 46.2 Å². The molecule has 3 atom stereocenters. The van der Waals surface area contributed by atoms with Crippen molar-refractivity contribution in [3.8, 4) is 0 Å². The van der Waals surface area contributed by atoms with E-state index in [2.05, 4.69) is 10.2 Å².